The highest BCUT2D eigenvalue weighted by Gasteiger charge is 2.34. The van der Waals surface area contributed by atoms with Crippen LogP contribution in [0.1, 0.15) is 55.7 Å². The highest BCUT2D eigenvalue weighted by molar-refractivity contribution is 6.40. The average molecular weight is 430 g/mol. The molecule has 0 bridgehead atoms. The fourth-order valence-electron chi connectivity index (χ4n) is 4.10. The van der Waals surface area contributed by atoms with E-state index >= 15 is 0 Å². The lowest BCUT2D eigenvalue weighted by Crippen LogP contribution is -2.39. The number of nitrogens with zero attached hydrogens (tertiary/aromatic N) is 2. The Morgan fingerprint density at radius 1 is 1.07 bits per heavy atom. The molecule has 29 heavy (non-hydrogen) atoms. The molecule has 1 aliphatic carbocycles. The number of rotatable bonds is 4. The summed E-state index contributed by atoms with van der Waals surface area (Å²) in [5.74, 6) is -0.0680. The van der Waals surface area contributed by atoms with E-state index in [4.69, 9.17) is 28.3 Å². The van der Waals surface area contributed by atoms with E-state index < -0.39 is 0 Å². The van der Waals surface area contributed by atoms with Crippen LogP contribution in [0.25, 0.3) is 0 Å². The van der Waals surface area contributed by atoms with Crippen LogP contribution in [-0.2, 0) is 4.79 Å². The third-order valence-corrected chi connectivity index (χ3v) is 6.27. The van der Waals surface area contributed by atoms with Crippen molar-refractivity contribution in [3.8, 4) is 0 Å². The number of halogens is 2. The van der Waals surface area contributed by atoms with Gasteiger partial charge >= 0.3 is 0 Å². The number of aryl methyl sites for hydroxylation is 1. The molecule has 1 N–H and O–H groups in total. The topological polar surface area (TPSA) is 44.7 Å². The van der Waals surface area contributed by atoms with Crippen LogP contribution in [0, 0.1) is 6.92 Å². The number of carbonyl (C=O) groups is 1. The van der Waals surface area contributed by atoms with Gasteiger partial charge in [0.1, 0.15) is 5.71 Å². The summed E-state index contributed by atoms with van der Waals surface area (Å²) in [6, 6.07) is 13.9. The summed E-state index contributed by atoms with van der Waals surface area (Å²) in [6.45, 7) is 2.06. The smallest absolute Gasteiger partial charge is 0.267 e. The molecule has 2 aromatic rings. The lowest BCUT2D eigenvalue weighted by Gasteiger charge is -2.25. The molecule has 2 aliphatic rings. The Morgan fingerprint density at radius 3 is 2.48 bits per heavy atom. The highest BCUT2D eigenvalue weighted by Crippen LogP contribution is 2.39. The van der Waals surface area contributed by atoms with Crippen molar-refractivity contribution >= 4 is 40.5 Å². The van der Waals surface area contributed by atoms with E-state index in [0.29, 0.717) is 22.2 Å². The fraction of sp³-hybridized carbons (Fsp3) is 0.391. The molecule has 1 unspecified atom stereocenters. The summed E-state index contributed by atoms with van der Waals surface area (Å²) >= 11 is 12.6. The van der Waals surface area contributed by atoms with Crippen molar-refractivity contribution in [3.63, 3.8) is 0 Å². The summed E-state index contributed by atoms with van der Waals surface area (Å²) in [6.07, 6.45) is 6.25. The summed E-state index contributed by atoms with van der Waals surface area (Å²) in [5.41, 5.74) is 3.60. The van der Waals surface area contributed by atoms with Crippen LogP contribution >= 0.6 is 23.2 Å². The highest BCUT2D eigenvalue weighted by atomic mass is 35.5. The Kier molecular flexibility index (Phi) is 6.12. The number of anilines is 1. The van der Waals surface area contributed by atoms with E-state index in [0.717, 1.165) is 24.1 Å². The van der Waals surface area contributed by atoms with Crippen LogP contribution in [0.2, 0.25) is 10.0 Å². The number of hydrazone groups is 1. The van der Waals surface area contributed by atoms with E-state index in [1.54, 1.807) is 12.1 Å². The zero-order chi connectivity index (χ0) is 20.4. The number of amides is 1. The summed E-state index contributed by atoms with van der Waals surface area (Å²) in [5, 5.41) is 10.8. The summed E-state index contributed by atoms with van der Waals surface area (Å²) < 4.78 is 0. The number of benzene rings is 2. The van der Waals surface area contributed by atoms with Crippen molar-refractivity contribution in [2.45, 2.75) is 57.5 Å². The minimum Gasteiger partial charge on any atom is -0.348 e. The average Bonchev–Trinajstić information content (AvgIpc) is 3.14. The Labute approximate surface area is 181 Å². The number of carbonyl (C=O) groups excluding carboxylic acids is 1. The molecule has 0 saturated heterocycles. The van der Waals surface area contributed by atoms with Crippen molar-refractivity contribution < 1.29 is 4.79 Å². The third kappa shape index (κ3) is 4.59. The first kappa shape index (κ1) is 20.2. The van der Waals surface area contributed by atoms with Gasteiger partial charge in [-0.2, -0.15) is 5.10 Å². The second-order valence-electron chi connectivity index (χ2n) is 7.93. The van der Waals surface area contributed by atoms with E-state index in [-0.39, 0.29) is 18.0 Å². The first-order valence-electron chi connectivity index (χ1n) is 10.2. The molecule has 6 heteroatoms. The summed E-state index contributed by atoms with van der Waals surface area (Å²) in [4.78, 5) is 12.9. The van der Waals surface area contributed by atoms with Crippen molar-refractivity contribution in [2.75, 3.05) is 5.01 Å². The fourth-order valence-corrected chi connectivity index (χ4v) is 4.60. The monoisotopic (exact) mass is 429 g/mol. The zero-order valence-electron chi connectivity index (χ0n) is 16.5. The Bertz CT molecular complexity index is 920. The van der Waals surface area contributed by atoms with E-state index in [1.165, 1.54) is 24.8 Å². The third-order valence-electron chi connectivity index (χ3n) is 5.73. The molecule has 1 fully saturated rings. The molecule has 1 amide bonds. The quantitative estimate of drug-likeness (QED) is 0.641. The van der Waals surface area contributed by atoms with Crippen molar-refractivity contribution in [3.05, 3.63) is 63.6 Å². The Balaban J connectivity index is 1.62. The second kappa shape index (κ2) is 8.76. The van der Waals surface area contributed by atoms with Crippen molar-refractivity contribution in [1.29, 1.82) is 0 Å². The first-order valence-corrected chi connectivity index (χ1v) is 11.0. The molecular weight excluding hydrogens is 405 g/mol. The Morgan fingerprint density at radius 2 is 1.79 bits per heavy atom. The maximum Gasteiger partial charge on any atom is 0.267 e. The van der Waals surface area contributed by atoms with Gasteiger partial charge in [0.05, 0.1) is 16.8 Å². The lowest BCUT2D eigenvalue weighted by atomic mass is 9.95. The maximum absolute atomic E-state index is 12.9. The normalized spacial score (nSPS) is 19.9. The number of hydrogen-bond donors (Lipinski definition) is 1. The van der Waals surface area contributed by atoms with Crippen molar-refractivity contribution in [2.24, 2.45) is 5.10 Å². The molecule has 0 spiro atoms. The van der Waals surface area contributed by atoms with Crippen molar-refractivity contribution in [1.82, 2.24) is 5.32 Å². The zero-order valence-corrected chi connectivity index (χ0v) is 18.0. The van der Waals surface area contributed by atoms with E-state index in [9.17, 15) is 4.79 Å². The minimum atomic E-state index is -0.0821. The molecule has 0 radical (unpaired) electrons. The lowest BCUT2D eigenvalue weighted by molar-refractivity contribution is -0.115. The molecule has 4 rings (SSSR count). The van der Waals surface area contributed by atoms with Gasteiger partial charge in [0.15, 0.2) is 0 Å². The minimum absolute atomic E-state index is 0.0680. The van der Waals surface area contributed by atoms with Gasteiger partial charge in [0.2, 0.25) is 0 Å². The first-order chi connectivity index (χ1) is 14.0. The van der Waals surface area contributed by atoms with Gasteiger partial charge in [0, 0.05) is 17.5 Å². The maximum atomic E-state index is 12.9. The molecule has 1 atom stereocenters. The van der Waals surface area contributed by atoms with Crippen LogP contribution < -0.4 is 10.3 Å². The largest absolute Gasteiger partial charge is 0.348 e. The second-order valence-corrected chi connectivity index (χ2v) is 8.77. The summed E-state index contributed by atoms with van der Waals surface area (Å²) in [7, 11) is 0. The molecule has 4 nitrogen and oxygen atoms in total. The number of nitrogens with one attached hydrogen (secondary N) is 1. The standard InChI is InChI=1S/C23H25Cl2N3O/c1-15-7-9-16(10-8-15)22-14-20(23(29)26-18-5-3-2-4-6-18)27-28(22)21-12-11-17(24)13-19(21)25/h7-13,18,22H,2-6,14H2,1H3,(H,26,29). The molecule has 1 aliphatic heterocycles. The molecular formula is C23H25Cl2N3O. The molecule has 152 valence electrons. The molecule has 2 aromatic carbocycles. The molecule has 1 saturated carbocycles. The molecule has 1 heterocycles. The van der Waals surface area contributed by atoms with Gasteiger partial charge in [0.25, 0.3) is 5.91 Å². The Hall–Kier alpha value is -2.04. The van der Waals surface area contributed by atoms with Gasteiger partial charge in [-0.25, -0.2) is 0 Å². The van der Waals surface area contributed by atoms with E-state index in [1.807, 2.05) is 11.1 Å². The van der Waals surface area contributed by atoms with Crippen LogP contribution in [0.15, 0.2) is 47.6 Å². The van der Waals surface area contributed by atoms with Crippen LogP contribution in [0.5, 0.6) is 0 Å². The predicted molar refractivity (Wildman–Crippen MR) is 120 cm³/mol. The van der Waals surface area contributed by atoms with Crippen LogP contribution in [0.4, 0.5) is 5.69 Å². The van der Waals surface area contributed by atoms with Crippen LogP contribution in [0.3, 0.4) is 0 Å². The van der Waals surface area contributed by atoms with Gasteiger partial charge in [-0.3, -0.25) is 9.80 Å². The van der Waals surface area contributed by atoms with Crippen LogP contribution in [-0.4, -0.2) is 17.7 Å². The predicted octanol–water partition coefficient (Wildman–Crippen LogP) is 6.06. The van der Waals surface area contributed by atoms with Gasteiger partial charge in [-0.1, -0.05) is 72.3 Å². The van der Waals surface area contributed by atoms with Gasteiger partial charge in [-0.05, 0) is 43.5 Å². The van der Waals surface area contributed by atoms with Gasteiger partial charge in [-0.15, -0.1) is 0 Å². The SMILES string of the molecule is Cc1ccc(C2CC(C(=O)NC3CCCCC3)=NN2c2ccc(Cl)cc2Cl)cc1. The van der Waals surface area contributed by atoms with E-state index in [2.05, 4.69) is 36.5 Å². The molecule has 0 aromatic heterocycles. The number of hydrogen-bond acceptors (Lipinski definition) is 3. The van der Waals surface area contributed by atoms with Gasteiger partial charge < -0.3 is 5.32 Å².